The van der Waals surface area contributed by atoms with Gasteiger partial charge in [0.15, 0.2) is 0 Å². The van der Waals surface area contributed by atoms with Crippen LogP contribution in [0, 0.1) is 6.92 Å². The third kappa shape index (κ3) is 4.16. The Morgan fingerprint density at radius 3 is 2.67 bits per heavy atom. The lowest BCUT2D eigenvalue weighted by Crippen LogP contribution is -2.15. The van der Waals surface area contributed by atoms with Gasteiger partial charge in [0.05, 0.1) is 17.1 Å². The van der Waals surface area contributed by atoms with E-state index in [1.807, 2.05) is 0 Å². The van der Waals surface area contributed by atoms with E-state index in [1.165, 1.54) is 6.26 Å². The minimum atomic E-state index is -2.93. The molecule has 1 aromatic rings. The van der Waals surface area contributed by atoms with Crippen LogP contribution in [0.2, 0.25) is 0 Å². The highest BCUT2D eigenvalue weighted by molar-refractivity contribution is 7.90. The Balaban J connectivity index is 2.55. The lowest BCUT2D eigenvalue weighted by Gasteiger charge is -2.06. The van der Waals surface area contributed by atoms with Crippen molar-refractivity contribution in [3.05, 3.63) is 17.8 Å². The van der Waals surface area contributed by atoms with Crippen molar-refractivity contribution in [2.45, 2.75) is 6.92 Å². The topological polar surface area (TPSA) is 85.1 Å². The molecule has 0 aliphatic heterocycles. The molecule has 3 N–H and O–H groups in total. The van der Waals surface area contributed by atoms with E-state index in [0.717, 1.165) is 5.69 Å². The number of nitrogens with zero attached hydrogens (tertiary/aromatic N) is 1. The van der Waals surface area contributed by atoms with Gasteiger partial charge in [-0.25, -0.2) is 13.4 Å². The van der Waals surface area contributed by atoms with Crippen LogP contribution in [0.5, 0.6) is 0 Å². The zero-order valence-corrected chi connectivity index (χ0v) is 9.63. The third-order valence-corrected chi connectivity index (χ3v) is 2.85. The van der Waals surface area contributed by atoms with E-state index in [2.05, 4.69) is 10.3 Å². The van der Waals surface area contributed by atoms with Crippen LogP contribution in [0.3, 0.4) is 0 Å². The fraction of sp³-hybridized carbons (Fsp3) is 0.444. The van der Waals surface area contributed by atoms with Crippen LogP contribution in [-0.2, 0) is 9.84 Å². The molecule has 0 unspecified atom stereocenters. The molecule has 0 bridgehead atoms. The average Bonchev–Trinajstić information content (AvgIpc) is 2.09. The van der Waals surface area contributed by atoms with E-state index < -0.39 is 9.84 Å². The Morgan fingerprint density at radius 2 is 2.13 bits per heavy atom. The van der Waals surface area contributed by atoms with Crippen molar-refractivity contribution in [2.24, 2.45) is 0 Å². The summed E-state index contributed by atoms with van der Waals surface area (Å²) in [7, 11) is -2.93. The molecule has 84 valence electrons. The summed E-state index contributed by atoms with van der Waals surface area (Å²) in [4.78, 5) is 4.16. The van der Waals surface area contributed by atoms with E-state index >= 15 is 0 Å². The molecule has 0 aromatic carbocycles. The normalized spacial score (nSPS) is 11.3. The van der Waals surface area contributed by atoms with E-state index in [0.29, 0.717) is 18.1 Å². The first-order chi connectivity index (χ1) is 6.88. The van der Waals surface area contributed by atoms with E-state index in [4.69, 9.17) is 5.73 Å². The minimum absolute atomic E-state index is 0.0953. The van der Waals surface area contributed by atoms with Crippen molar-refractivity contribution in [1.82, 2.24) is 4.98 Å². The van der Waals surface area contributed by atoms with Gasteiger partial charge >= 0.3 is 0 Å². The number of nitrogen functional groups attached to an aromatic ring is 1. The monoisotopic (exact) mass is 229 g/mol. The van der Waals surface area contributed by atoms with Crippen LogP contribution in [0.1, 0.15) is 5.69 Å². The van der Waals surface area contributed by atoms with Gasteiger partial charge in [0.25, 0.3) is 0 Å². The van der Waals surface area contributed by atoms with Gasteiger partial charge in [0.1, 0.15) is 15.7 Å². The largest absolute Gasteiger partial charge is 0.397 e. The van der Waals surface area contributed by atoms with Gasteiger partial charge < -0.3 is 11.1 Å². The first-order valence-corrected chi connectivity index (χ1v) is 6.59. The van der Waals surface area contributed by atoms with Crippen LogP contribution in [-0.4, -0.2) is 32.0 Å². The number of sulfone groups is 1. The fourth-order valence-electron chi connectivity index (χ4n) is 1.03. The summed E-state index contributed by atoms with van der Waals surface area (Å²) in [6.45, 7) is 2.16. The molecular weight excluding hydrogens is 214 g/mol. The molecule has 1 heterocycles. The minimum Gasteiger partial charge on any atom is -0.397 e. The quantitative estimate of drug-likeness (QED) is 0.782. The van der Waals surface area contributed by atoms with E-state index in [9.17, 15) is 8.42 Å². The number of nitrogens with one attached hydrogen (secondary N) is 1. The van der Waals surface area contributed by atoms with Crippen LogP contribution in [0.25, 0.3) is 0 Å². The highest BCUT2D eigenvalue weighted by Gasteiger charge is 2.02. The Morgan fingerprint density at radius 1 is 1.47 bits per heavy atom. The SMILES string of the molecule is Cc1nc(NCCS(C)(=O)=O)ccc1N. The molecule has 5 nitrogen and oxygen atoms in total. The summed E-state index contributed by atoms with van der Waals surface area (Å²) in [6, 6.07) is 3.47. The molecule has 0 atom stereocenters. The summed E-state index contributed by atoms with van der Waals surface area (Å²) >= 11 is 0. The maximum atomic E-state index is 10.9. The first kappa shape index (κ1) is 11.8. The Labute approximate surface area is 89.6 Å². The van der Waals surface area contributed by atoms with Gasteiger partial charge in [-0.1, -0.05) is 0 Å². The van der Waals surface area contributed by atoms with Crippen molar-refractivity contribution in [2.75, 3.05) is 29.6 Å². The number of rotatable bonds is 4. The van der Waals surface area contributed by atoms with Gasteiger partial charge in [-0.3, -0.25) is 0 Å². The Bertz CT molecular complexity index is 443. The zero-order chi connectivity index (χ0) is 11.5. The lowest BCUT2D eigenvalue weighted by molar-refractivity contribution is 0.602. The van der Waals surface area contributed by atoms with Crippen LogP contribution >= 0.6 is 0 Å². The van der Waals surface area contributed by atoms with E-state index in [1.54, 1.807) is 19.1 Å². The predicted molar refractivity (Wildman–Crippen MR) is 61.6 cm³/mol. The molecular formula is C9H15N3O2S. The summed E-state index contributed by atoms with van der Waals surface area (Å²) in [6.07, 6.45) is 1.20. The highest BCUT2D eigenvalue weighted by atomic mass is 32.2. The smallest absolute Gasteiger partial charge is 0.149 e. The standard InChI is InChI=1S/C9H15N3O2S/c1-7-8(10)3-4-9(12-7)11-5-6-15(2,13)14/h3-4H,5-6,10H2,1-2H3,(H,11,12). The zero-order valence-electron chi connectivity index (χ0n) is 8.82. The van der Waals surface area contributed by atoms with Crippen LogP contribution < -0.4 is 11.1 Å². The molecule has 1 aromatic heterocycles. The molecule has 0 amide bonds. The molecule has 0 aliphatic carbocycles. The maximum absolute atomic E-state index is 10.9. The van der Waals surface area contributed by atoms with E-state index in [-0.39, 0.29) is 5.75 Å². The lowest BCUT2D eigenvalue weighted by atomic mass is 10.3. The van der Waals surface area contributed by atoms with Gasteiger partial charge in [-0.2, -0.15) is 0 Å². The van der Waals surface area contributed by atoms with Crippen molar-refractivity contribution in [1.29, 1.82) is 0 Å². The second-order valence-electron chi connectivity index (χ2n) is 3.43. The average molecular weight is 229 g/mol. The molecule has 0 spiro atoms. The van der Waals surface area contributed by atoms with Crippen molar-refractivity contribution in [3.63, 3.8) is 0 Å². The van der Waals surface area contributed by atoms with Gasteiger partial charge in [0, 0.05) is 12.8 Å². The predicted octanol–water partition coefficient (Wildman–Crippen LogP) is 0.429. The molecule has 0 radical (unpaired) electrons. The second-order valence-corrected chi connectivity index (χ2v) is 5.69. The summed E-state index contributed by atoms with van der Waals surface area (Å²) in [5.41, 5.74) is 6.96. The van der Waals surface area contributed by atoms with Crippen molar-refractivity contribution in [3.8, 4) is 0 Å². The molecule has 6 heteroatoms. The van der Waals surface area contributed by atoms with Crippen molar-refractivity contribution >= 4 is 21.3 Å². The molecule has 0 saturated heterocycles. The Kier molecular flexibility index (Phi) is 3.52. The molecule has 0 saturated carbocycles. The second kappa shape index (κ2) is 4.48. The number of pyridine rings is 1. The number of hydrogen-bond donors (Lipinski definition) is 2. The third-order valence-electron chi connectivity index (χ3n) is 1.91. The molecule has 15 heavy (non-hydrogen) atoms. The van der Waals surface area contributed by atoms with Crippen molar-refractivity contribution < 1.29 is 8.42 Å². The van der Waals surface area contributed by atoms with Gasteiger partial charge in [0.2, 0.25) is 0 Å². The van der Waals surface area contributed by atoms with Gasteiger partial charge in [-0.05, 0) is 19.1 Å². The summed E-state index contributed by atoms with van der Waals surface area (Å²) < 4.78 is 21.7. The Hall–Kier alpha value is -1.30. The molecule has 0 fully saturated rings. The number of hydrogen-bond acceptors (Lipinski definition) is 5. The number of aryl methyl sites for hydroxylation is 1. The molecule has 0 aliphatic rings. The summed E-state index contributed by atoms with van der Waals surface area (Å²) in [5, 5.41) is 2.92. The summed E-state index contributed by atoms with van der Waals surface area (Å²) in [5.74, 6) is 0.739. The number of anilines is 2. The first-order valence-electron chi connectivity index (χ1n) is 4.53. The fourth-order valence-corrected chi connectivity index (χ4v) is 1.51. The van der Waals surface area contributed by atoms with Gasteiger partial charge in [-0.15, -0.1) is 0 Å². The van der Waals surface area contributed by atoms with Crippen LogP contribution in [0.15, 0.2) is 12.1 Å². The van der Waals surface area contributed by atoms with Crippen LogP contribution in [0.4, 0.5) is 11.5 Å². The number of nitrogens with two attached hydrogens (primary N) is 1. The molecule has 1 rings (SSSR count). The number of aromatic nitrogens is 1. The highest BCUT2D eigenvalue weighted by Crippen LogP contribution is 2.11. The maximum Gasteiger partial charge on any atom is 0.149 e.